The number of nitrogens with zero attached hydrogens (tertiary/aromatic N) is 2. The number of carbonyl (C=O) groups excluding carboxylic acids is 1. The molecule has 0 radical (unpaired) electrons. The maximum absolute atomic E-state index is 13.5. The monoisotopic (exact) mass is 494 g/mol. The van der Waals surface area contributed by atoms with Crippen LogP contribution in [-0.2, 0) is 16.1 Å². The molecule has 1 amide bonds. The zero-order valence-corrected chi connectivity index (χ0v) is 20.1. The van der Waals surface area contributed by atoms with E-state index in [1.165, 1.54) is 17.4 Å². The molecule has 1 heterocycles. The third-order valence-electron chi connectivity index (χ3n) is 4.99. The lowest BCUT2D eigenvalue weighted by Gasteiger charge is -2.14. The third-order valence-corrected chi connectivity index (χ3v) is 6.08. The Balaban J connectivity index is 1.76. The Bertz CT molecular complexity index is 1090. The fourth-order valence-corrected chi connectivity index (χ4v) is 4.49. The number of aromatic nitrogens is 1. The number of methoxy groups -OCH3 is 1. The first-order chi connectivity index (χ1) is 16.0. The molecule has 1 aromatic carbocycles. The van der Waals surface area contributed by atoms with E-state index in [2.05, 4.69) is 15.3 Å². The minimum Gasteiger partial charge on any atom is -0.494 e. The normalized spacial score (nSPS) is 14.2. The number of allylic oxidation sites excluding steroid dienone is 4. The second-order valence-corrected chi connectivity index (χ2v) is 8.68. The number of rotatable bonds is 12. The molecule has 2 aromatic rings. The maximum Gasteiger partial charge on any atom is 0.243 e. The van der Waals surface area contributed by atoms with Crippen molar-refractivity contribution in [1.82, 2.24) is 9.88 Å². The van der Waals surface area contributed by atoms with Gasteiger partial charge in [0.05, 0.1) is 19.4 Å². The fraction of sp³-hybridized carbons (Fsp3) is 0.391. The van der Waals surface area contributed by atoms with E-state index in [1.54, 1.807) is 19.2 Å². The number of thiazole rings is 1. The van der Waals surface area contributed by atoms with Gasteiger partial charge in [-0.2, -0.15) is 0 Å². The molecule has 0 saturated carbocycles. The number of ether oxygens (including phenoxy) is 2. The molecule has 10 heteroatoms. The number of benzene rings is 1. The van der Waals surface area contributed by atoms with Crippen molar-refractivity contribution in [2.45, 2.75) is 25.8 Å². The summed E-state index contributed by atoms with van der Waals surface area (Å²) in [4.78, 5) is 16.4. The number of halogens is 2. The Kier molecular flexibility index (Phi) is 9.68. The van der Waals surface area contributed by atoms with E-state index in [0.29, 0.717) is 42.5 Å². The van der Waals surface area contributed by atoms with Crippen LogP contribution in [0.1, 0.15) is 25.0 Å². The average molecular weight is 495 g/mol. The Morgan fingerprint density at radius 1 is 1.33 bits per heavy atom. The highest BCUT2D eigenvalue weighted by atomic mass is 35.5. The van der Waals surface area contributed by atoms with Gasteiger partial charge in [-0.15, -0.1) is 11.3 Å². The standard InChI is InChI=1S/C23H28ClFN4O3S/c1-31-21-13-17(24)5-8-19(21)28-23-29(11-2-9-27-10-12-32-14-22(26)30)20(15-33-23)16-3-6-18(25)7-4-16/h3,5-6,8,13,15,27H,2,4,7,9-12,14H2,1H3,(H2,26,30). The fourth-order valence-electron chi connectivity index (χ4n) is 3.37. The van der Waals surface area contributed by atoms with Crippen molar-refractivity contribution in [2.75, 3.05) is 33.4 Å². The predicted octanol–water partition coefficient (Wildman–Crippen LogP) is 3.96. The van der Waals surface area contributed by atoms with Crippen molar-refractivity contribution in [3.63, 3.8) is 0 Å². The lowest BCUT2D eigenvalue weighted by molar-refractivity contribution is -0.122. The number of amides is 1. The van der Waals surface area contributed by atoms with Crippen molar-refractivity contribution >= 4 is 40.1 Å². The van der Waals surface area contributed by atoms with Gasteiger partial charge in [0.15, 0.2) is 4.80 Å². The molecule has 7 nitrogen and oxygen atoms in total. The van der Waals surface area contributed by atoms with Gasteiger partial charge in [-0.25, -0.2) is 9.38 Å². The first-order valence-corrected chi connectivity index (χ1v) is 11.9. The first-order valence-electron chi connectivity index (χ1n) is 10.7. The molecule has 178 valence electrons. The van der Waals surface area contributed by atoms with E-state index in [0.717, 1.165) is 35.6 Å². The summed E-state index contributed by atoms with van der Waals surface area (Å²) in [7, 11) is 1.59. The van der Waals surface area contributed by atoms with Crippen LogP contribution in [0.3, 0.4) is 0 Å². The second kappa shape index (κ2) is 12.7. The lowest BCUT2D eigenvalue weighted by atomic mass is 10.0. The van der Waals surface area contributed by atoms with Crippen LogP contribution in [0.5, 0.6) is 5.75 Å². The van der Waals surface area contributed by atoms with Crippen molar-refractivity contribution in [2.24, 2.45) is 10.7 Å². The molecule has 0 unspecified atom stereocenters. The number of hydrogen-bond donors (Lipinski definition) is 2. The van der Waals surface area contributed by atoms with E-state index in [-0.39, 0.29) is 12.4 Å². The summed E-state index contributed by atoms with van der Waals surface area (Å²) in [5.74, 6) is 0.0272. The molecule has 1 aliphatic carbocycles. The Hall–Kier alpha value is -2.46. The van der Waals surface area contributed by atoms with E-state index in [1.807, 2.05) is 12.1 Å². The number of nitrogens with two attached hydrogens (primary N) is 1. The summed E-state index contributed by atoms with van der Waals surface area (Å²) in [6, 6.07) is 5.35. The molecule has 1 aromatic heterocycles. The van der Waals surface area contributed by atoms with Crippen LogP contribution >= 0.6 is 22.9 Å². The number of primary amides is 1. The summed E-state index contributed by atoms with van der Waals surface area (Å²) in [6.07, 6.45) is 5.29. The highest BCUT2D eigenvalue weighted by Crippen LogP contribution is 2.31. The molecular weight excluding hydrogens is 467 g/mol. The van der Waals surface area contributed by atoms with E-state index in [9.17, 15) is 9.18 Å². The van der Waals surface area contributed by atoms with Gasteiger partial charge in [-0.05, 0) is 43.2 Å². The van der Waals surface area contributed by atoms with E-state index < -0.39 is 5.91 Å². The first kappa shape index (κ1) is 25.2. The molecular formula is C23H28ClFN4O3S. The Morgan fingerprint density at radius 3 is 2.91 bits per heavy atom. The Morgan fingerprint density at radius 2 is 2.18 bits per heavy atom. The molecule has 1 aliphatic rings. The largest absolute Gasteiger partial charge is 0.494 e. The van der Waals surface area contributed by atoms with Crippen molar-refractivity contribution in [1.29, 1.82) is 0 Å². The van der Waals surface area contributed by atoms with Gasteiger partial charge >= 0.3 is 0 Å². The number of hydrogen-bond acceptors (Lipinski definition) is 6. The second-order valence-electron chi connectivity index (χ2n) is 7.41. The molecule has 0 fully saturated rings. The number of carbonyl (C=O) groups is 1. The minimum atomic E-state index is -0.475. The van der Waals surface area contributed by atoms with Crippen molar-refractivity contribution in [3.8, 4) is 5.75 Å². The summed E-state index contributed by atoms with van der Waals surface area (Å²) < 4.78 is 26.3. The van der Waals surface area contributed by atoms with Crippen LogP contribution < -0.4 is 20.6 Å². The zero-order chi connectivity index (χ0) is 23.6. The SMILES string of the molecule is COc1cc(Cl)ccc1N=c1scc(C2=CC=C(F)CC2)n1CCCNCCOCC(N)=O. The van der Waals surface area contributed by atoms with E-state index >= 15 is 0 Å². The molecule has 3 N–H and O–H groups in total. The molecule has 0 spiro atoms. The molecule has 33 heavy (non-hydrogen) atoms. The molecule has 0 bridgehead atoms. The van der Waals surface area contributed by atoms with Gasteiger partial charge in [0.1, 0.15) is 23.9 Å². The topological polar surface area (TPSA) is 90.9 Å². The molecule has 0 atom stereocenters. The van der Waals surface area contributed by atoms with Crippen LogP contribution in [0.25, 0.3) is 5.57 Å². The third kappa shape index (κ3) is 7.53. The van der Waals surface area contributed by atoms with Crippen molar-refractivity contribution in [3.05, 3.63) is 57.1 Å². The number of nitrogens with one attached hydrogen (secondary N) is 1. The summed E-state index contributed by atoms with van der Waals surface area (Å²) in [6.45, 7) is 2.47. The minimum absolute atomic E-state index is 0.0705. The molecule has 0 saturated heterocycles. The van der Waals surface area contributed by atoms with E-state index in [4.69, 9.17) is 31.8 Å². The van der Waals surface area contributed by atoms with Gasteiger partial charge in [0.2, 0.25) is 5.91 Å². The van der Waals surface area contributed by atoms with Crippen LogP contribution in [0.2, 0.25) is 5.02 Å². The van der Waals surface area contributed by atoms with Gasteiger partial charge in [-0.3, -0.25) is 4.79 Å². The lowest BCUT2D eigenvalue weighted by Crippen LogP contribution is -2.26. The average Bonchev–Trinajstić information content (AvgIpc) is 3.19. The predicted molar refractivity (Wildman–Crippen MR) is 129 cm³/mol. The van der Waals surface area contributed by atoms with Crippen LogP contribution in [0, 0.1) is 0 Å². The van der Waals surface area contributed by atoms with Gasteiger partial charge in [-0.1, -0.05) is 17.7 Å². The summed E-state index contributed by atoms with van der Waals surface area (Å²) in [5, 5.41) is 5.94. The maximum atomic E-state index is 13.5. The zero-order valence-electron chi connectivity index (χ0n) is 18.5. The Labute approximate surface area is 201 Å². The van der Waals surface area contributed by atoms with Crippen LogP contribution in [0.4, 0.5) is 10.1 Å². The van der Waals surface area contributed by atoms with Crippen LogP contribution in [-0.4, -0.2) is 43.9 Å². The van der Waals surface area contributed by atoms with Gasteiger partial charge in [0, 0.05) is 36.0 Å². The van der Waals surface area contributed by atoms with Gasteiger partial charge in [0.25, 0.3) is 0 Å². The van der Waals surface area contributed by atoms with Gasteiger partial charge < -0.3 is 25.1 Å². The molecule has 0 aliphatic heterocycles. The highest BCUT2D eigenvalue weighted by molar-refractivity contribution is 7.07. The van der Waals surface area contributed by atoms with Crippen LogP contribution in [0.15, 0.2) is 46.6 Å². The quantitative estimate of drug-likeness (QED) is 0.437. The summed E-state index contributed by atoms with van der Waals surface area (Å²) >= 11 is 7.62. The summed E-state index contributed by atoms with van der Waals surface area (Å²) in [5.41, 5.74) is 7.87. The molecule has 3 rings (SSSR count). The smallest absolute Gasteiger partial charge is 0.243 e. The highest BCUT2D eigenvalue weighted by Gasteiger charge is 2.14. The van der Waals surface area contributed by atoms with Crippen molar-refractivity contribution < 1.29 is 18.7 Å².